The van der Waals surface area contributed by atoms with Crippen molar-refractivity contribution in [1.29, 1.82) is 0 Å². The molecular formula is C14H21Cl2N3O2. The number of aromatic amines is 1. The van der Waals surface area contributed by atoms with Crippen molar-refractivity contribution in [3.8, 4) is 11.5 Å². The van der Waals surface area contributed by atoms with E-state index in [1.54, 1.807) is 20.5 Å². The molecule has 0 amide bonds. The van der Waals surface area contributed by atoms with E-state index in [-0.39, 0.29) is 24.8 Å². The van der Waals surface area contributed by atoms with E-state index in [1.807, 2.05) is 24.4 Å². The van der Waals surface area contributed by atoms with Crippen LogP contribution in [0.25, 0.3) is 0 Å². The summed E-state index contributed by atoms with van der Waals surface area (Å²) in [4.78, 5) is 7.07. The number of methoxy groups -OCH3 is 2. The molecule has 7 heteroatoms. The summed E-state index contributed by atoms with van der Waals surface area (Å²) < 4.78 is 10.6. The molecule has 0 spiro atoms. The van der Waals surface area contributed by atoms with Crippen molar-refractivity contribution in [2.45, 2.75) is 13.0 Å². The van der Waals surface area contributed by atoms with E-state index in [2.05, 4.69) is 15.3 Å². The minimum absolute atomic E-state index is 0. The number of H-pyrrole nitrogens is 1. The highest BCUT2D eigenvalue weighted by molar-refractivity contribution is 5.85. The summed E-state index contributed by atoms with van der Waals surface area (Å²) in [5.41, 5.74) is 2.22. The Bertz CT molecular complexity index is 507. The lowest BCUT2D eigenvalue weighted by Gasteiger charge is -2.11. The highest BCUT2D eigenvalue weighted by atomic mass is 35.5. The standard InChI is InChI=1S/C14H19N3O2.2ClH/c1-18-13-3-4-14(19-2)11(7-13)8-15-6-5-12-9-16-10-17-12;;/h3-4,7,9-10,15H,5-6,8H2,1-2H3,(H,16,17);2*1H. The number of hydrogen-bond donors (Lipinski definition) is 2. The van der Waals surface area contributed by atoms with Crippen LogP contribution in [0.15, 0.2) is 30.7 Å². The van der Waals surface area contributed by atoms with E-state index in [1.165, 1.54) is 0 Å². The summed E-state index contributed by atoms with van der Waals surface area (Å²) in [7, 11) is 3.34. The smallest absolute Gasteiger partial charge is 0.123 e. The van der Waals surface area contributed by atoms with Crippen LogP contribution in [0.2, 0.25) is 0 Å². The summed E-state index contributed by atoms with van der Waals surface area (Å²) in [5.74, 6) is 1.71. The number of hydrogen-bond acceptors (Lipinski definition) is 4. The van der Waals surface area contributed by atoms with Crippen LogP contribution in [-0.2, 0) is 13.0 Å². The van der Waals surface area contributed by atoms with Crippen molar-refractivity contribution in [2.75, 3.05) is 20.8 Å². The second-order valence-electron chi connectivity index (χ2n) is 4.18. The zero-order valence-corrected chi connectivity index (χ0v) is 13.7. The Morgan fingerprint density at radius 2 is 2.00 bits per heavy atom. The van der Waals surface area contributed by atoms with Crippen LogP contribution in [0, 0.1) is 0 Å². The fourth-order valence-electron chi connectivity index (χ4n) is 1.89. The van der Waals surface area contributed by atoms with E-state index in [4.69, 9.17) is 9.47 Å². The van der Waals surface area contributed by atoms with E-state index < -0.39 is 0 Å². The van der Waals surface area contributed by atoms with Gasteiger partial charge in [-0.15, -0.1) is 24.8 Å². The maximum atomic E-state index is 5.34. The average Bonchev–Trinajstić information content (AvgIpc) is 2.96. The topological polar surface area (TPSA) is 59.2 Å². The largest absolute Gasteiger partial charge is 0.497 e. The van der Waals surface area contributed by atoms with Gasteiger partial charge in [-0.1, -0.05) is 0 Å². The maximum Gasteiger partial charge on any atom is 0.123 e. The van der Waals surface area contributed by atoms with Crippen LogP contribution >= 0.6 is 24.8 Å². The Kier molecular flexibility index (Phi) is 9.62. The quantitative estimate of drug-likeness (QED) is 0.764. The third kappa shape index (κ3) is 5.83. The van der Waals surface area contributed by atoms with Gasteiger partial charge >= 0.3 is 0 Å². The van der Waals surface area contributed by atoms with Crippen molar-refractivity contribution in [1.82, 2.24) is 15.3 Å². The third-order valence-corrected chi connectivity index (χ3v) is 2.93. The van der Waals surface area contributed by atoms with Gasteiger partial charge < -0.3 is 19.8 Å². The molecule has 1 aromatic heterocycles. The molecule has 118 valence electrons. The molecule has 21 heavy (non-hydrogen) atoms. The third-order valence-electron chi connectivity index (χ3n) is 2.93. The molecule has 0 radical (unpaired) electrons. The van der Waals surface area contributed by atoms with Gasteiger partial charge in [0.1, 0.15) is 11.5 Å². The first-order valence-corrected chi connectivity index (χ1v) is 6.22. The number of rotatable bonds is 7. The SMILES string of the molecule is COc1ccc(OC)c(CNCCc2cnc[nH]2)c1.Cl.Cl. The second-order valence-corrected chi connectivity index (χ2v) is 4.18. The van der Waals surface area contributed by atoms with E-state index in [0.29, 0.717) is 0 Å². The summed E-state index contributed by atoms with van der Waals surface area (Å²) >= 11 is 0. The van der Waals surface area contributed by atoms with Gasteiger partial charge in [0.25, 0.3) is 0 Å². The number of ether oxygens (including phenoxy) is 2. The molecular weight excluding hydrogens is 313 g/mol. The highest BCUT2D eigenvalue weighted by Gasteiger charge is 2.04. The number of imidazole rings is 1. The van der Waals surface area contributed by atoms with Gasteiger partial charge in [0, 0.05) is 37.0 Å². The predicted octanol–water partition coefficient (Wildman–Crippen LogP) is 2.60. The summed E-state index contributed by atoms with van der Waals surface area (Å²) in [5, 5.41) is 3.38. The number of nitrogens with one attached hydrogen (secondary N) is 2. The molecule has 2 N–H and O–H groups in total. The van der Waals surface area contributed by atoms with E-state index >= 15 is 0 Å². The molecule has 5 nitrogen and oxygen atoms in total. The Balaban J connectivity index is 0.00000200. The molecule has 0 unspecified atom stereocenters. The van der Waals surface area contributed by atoms with E-state index in [9.17, 15) is 0 Å². The number of halogens is 2. The van der Waals surface area contributed by atoms with Gasteiger partial charge in [0.05, 0.1) is 20.5 Å². The number of benzene rings is 1. The van der Waals surface area contributed by atoms with Crippen molar-refractivity contribution in [2.24, 2.45) is 0 Å². The fraction of sp³-hybridized carbons (Fsp3) is 0.357. The van der Waals surface area contributed by atoms with Gasteiger partial charge in [-0.25, -0.2) is 4.98 Å². The van der Waals surface area contributed by atoms with Crippen molar-refractivity contribution < 1.29 is 9.47 Å². The van der Waals surface area contributed by atoms with Gasteiger partial charge in [-0.2, -0.15) is 0 Å². The molecule has 0 atom stereocenters. The maximum absolute atomic E-state index is 5.34. The zero-order valence-electron chi connectivity index (χ0n) is 12.1. The van der Waals surface area contributed by atoms with Crippen molar-refractivity contribution >= 4 is 24.8 Å². The zero-order chi connectivity index (χ0) is 13.5. The normalized spacial score (nSPS) is 9.43. The minimum Gasteiger partial charge on any atom is -0.497 e. The lowest BCUT2D eigenvalue weighted by atomic mass is 10.2. The number of aromatic nitrogens is 2. The molecule has 2 aromatic rings. The van der Waals surface area contributed by atoms with Gasteiger partial charge in [0.15, 0.2) is 0 Å². The Labute approximate surface area is 137 Å². The first-order valence-electron chi connectivity index (χ1n) is 6.22. The van der Waals surface area contributed by atoms with E-state index in [0.717, 1.165) is 42.3 Å². The fourth-order valence-corrected chi connectivity index (χ4v) is 1.89. The molecule has 0 bridgehead atoms. The Morgan fingerprint density at radius 1 is 1.19 bits per heavy atom. The first kappa shape index (κ1) is 19.6. The van der Waals surface area contributed by atoms with Crippen LogP contribution in [0.3, 0.4) is 0 Å². The van der Waals surface area contributed by atoms with Crippen LogP contribution in [0.1, 0.15) is 11.3 Å². The molecule has 0 aliphatic heterocycles. The molecule has 0 fully saturated rings. The van der Waals surface area contributed by atoms with Crippen LogP contribution < -0.4 is 14.8 Å². The minimum atomic E-state index is 0. The molecule has 0 aliphatic rings. The lowest BCUT2D eigenvalue weighted by Crippen LogP contribution is -2.17. The predicted molar refractivity (Wildman–Crippen MR) is 88.0 cm³/mol. The van der Waals surface area contributed by atoms with Gasteiger partial charge in [0.2, 0.25) is 0 Å². The highest BCUT2D eigenvalue weighted by Crippen LogP contribution is 2.23. The molecule has 1 aromatic carbocycles. The summed E-state index contributed by atoms with van der Waals surface area (Å²) in [6, 6.07) is 5.81. The molecule has 0 aliphatic carbocycles. The van der Waals surface area contributed by atoms with Crippen molar-refractivity contribution in [3.63, 3.8) is 0 Å². The Morgan fingerprint density at radius 3 is 2.62 bits per heavy atom. The summed E-state index contributed by atoms with van der Waals surface area (Å²) in [6.45, 7) is 1.62. The molecule has 1 heterocycles. The summed E-state index contributed by atoms with van der Waals surface area (Å²) in [6.07, 6.45) is 4.46. The van der Waals surface area contributed by atoms with Crippen LogP contribution in [0.5, 0.6) is 11.5 Å². The molecule has 2 rings (SSSR count). The second kappa shape index (κ2) is 10.3. The Hall–Kier alpha value is -1.43. The van der Waals surface area contributed by atoms with Crippen molar-refractivity contribution in [3.05, 3.63) is 42.0 Å². The first-order chi connectivity index (χ1) is 9.33. The van der Waals surface area contributed by atoms with Gasteiger partial charge in [-0.3, -0.25) is 0 Å². The monoisotopic (exact) mass is 333 g/mol. The number of nitrogens with zero attached hydrogens (tertiary/aromatic N) is 1. The van der Waals surface area contributed by atoms with Gasteiger partial charge in [-0.05, 0) is 18.2 Å². The van der Waals surface area contributed by atoms with Crippen LogP contribution in [-0.4, -0.2) is 30.7 Å². The van der Waals surface area contributed by atoms with Crippen LogP contribution in [0.4, 0.5) is 0 Å². The molecule has 0 saturated carbocycles. The lowest BCUT2D eigenvalue weighted by molar-refractivity contribution is 0.397. The average molecular weight is 334 g/mol. The molecule has 0 saturated heterocycles.